The first-order valence-corrected chi connectivity index (χ1v) is 5.46. The van der Waals surface area contributed by atoms with Crippen LogP contribution in [0.1, 0.15) is 43.3 Å². The summed E-state index contributed by atoms with van der Waals surface area (Å²) in [4.78, 5) is 8.88. The molecule has 1 aliphatic carbocycles. The highest BCUT2D eigenvalue weighted by Gasteiger charge is 2.48. The fourth-order valence-corrected chi connectivity index (χ4v) is 1.98. The third-order valence-electron chi connectivity index (χ3n) is 3.07. The van der Waals surface area contributed by atoms with E-state index in [9.17, 15) is 0 Å². The normalized spacial score (nSPS) is 23.6. The maximum atomic E-state index is 5.76. The molecule has 1 aromatic heterocycles. The van der Waals surface area contributed by atoms with Gasteiger partial charge in [0.2, 0.25) is 0 Å². The third kappa shape index (κ3) is 1.63. The zero-order valence-electron chi connectivity index (χ0n) is 8.84. The minimum Gasteiger partial charge on any atom is -0.241 e. The zero-order chi connectivity index (χ0) is 10.3. The molecule has 76 valence electrons. The van der Waals surface area contributed by atoms with Crippen molar-refractivity contribution in [2.75, 3.05) is 0 Å². The molecule has 1 aromatic rings. The number of hydrogen-bond acceptors (Lipinski definition) is 2. The molecule has 0 radical (unpaired) electrons. The SMILES string of the molecule is Cc1nc(C2CC2(C)C)ncc1CCl. The molecule has 0 saturated heterocycles. The summed E-state index contributed by atoms with van der Waals surface area (Å²) in [6, 6.07) is 0. The van der Waals surface area contributed by atoms with Gasteiger partial charge in [-0.1, -0.05) is 13.8 Å². The van der Waals surface area contributed by atoms with Crippen molar-refractivity contribution in [3.05, 3.63) is 23.3 Å². The van der Waals surface area contributed by atoms with E-state index in [-0.39, 0.29) is 0 Å². The Balaban J connectivity index is 2.26. The molecule has 0 aromatic carbocycles. The summed E-state index contributed by atoms with van der Waals surface area (Å²) in [7, 11) is 0. The third-order valence-corrected chi connectivity index (χ3v) is 3.36. The van der Waals surface area contributed by atoms with Crippen molar-refractivity contribution in [3.63, 3.8) is 0 Å². The zero-order valence-corrected chi connectivity index (χ0v) is 9.60. The molecule has 2 nitrogen and oxygen atoms in total. The lowest BCUT2D eigenvalue weighted by Crippen LogP contribution is -2.01. The molecule has 1 fully saturated rings. The van der Waals surface area contributed by atoms with Crippen molar-refractivity contribution in [1.82, 2.24) is 9.97 Å². The van der Waals surface area contributed by atoms with Gasteiger partial charge < -0.3 is 0 Å². The quantitative estimate of drug-likeness (QED) is 0.702. The average molecular weight is 211 g/mol. The Kier molecular flexibility index (Phi) is 2.26. The smallest absolute Gasteiger partial charge is 0.132 e. The van der Waals surface area contributed by atoms with E-state index < -0.39 is 0 Å². The number of nitrogens with zero attached hydrogens (tertiary/aromatic N) is 2. The van der Waals surface area contributed by atoms with Crippen molar-refractivity contribution in [2.45, 2.75) is 39.0 Å². The van der Waals surface area contributed by atoms with Crippen LogP contribution in [-0.4, -0.2) is 9.97 Å². The molecular formula is C11H15ClN2. The fourth-order valence-electron chi connectivity index (χ4n) is 1.72. The standard InChI is InChI=1S/C11H15ClN2/c1-7-8(5-12)6-13-10(14-7)9-4-11(9,2)3/h6,9H,4-5H2,1-3H3. The van der Waals surface area contributed by atoms with Gasteiger partial charge in [-0.15, -0.1) is 11.6 Å². The Bertz CT molecular complexity index is 360. The Hall–Kier alpha value is -0.630. The van der Waals surface area contributed by atoms with E-state index in [2.05, 4.69) is 23.8 Å². The molecule has 1 atom stereocenters. The molecule has 1 unspecified atom stereocenters. The highest BCUT2D eigenvalue weighted by molar-refractivity contribution is 6.17. The largest absolute Gasteiger partial charge is 0.241 e. The number of alkyl halides is 1. The monoisotopic (exact) mass is 210 g/mol. The van der Waals surface area contributed by atoms with E-state index in [1.54, 1.807) is 0 Å². The molecule has 1 aliphatic rings. The van der Waals surface area contributed by atoms with Crippen molar-refractivity contribution in [2.24, 2.45) is 5.41 Å². The van der Waals surface area contributed by atoms with E-state index >= 15 is 0 Å². The fraction of sp³-hybridized carbons (Fsp3) is 0.636. The predicted molar refractivity (Wildman–Crippen MR) is 57.5 cm³/mol. The van der Waals surface area contributed by atoms with Gasteiger partial charge in [0.1, 0.15) is 5.82 Å². The van der Waals surface area contributed by atoms with Crippen LogP contribution in [0.4, 0.5) is 0 Å². The lowest BCUT2D eigenvalue weighted by Gasteiger charge is -2.05. The van der Waals surface area contributed by atoms with Gasteiger partial charge in [-0.3, -0.25) is 0 Å². The van der Waals surface area contributed by atoms with Gasteiger partial charge in [0.05, 0.1) is 5.88 Å². The minimum atomic E-state index is 0.398. The molecule has 3 heteroatoms. The van der Waals surface area contributed by atoms with Crippen LogP contribution in [0.15, 0.2) is 6.20 Å². The molecule has 0 N–H and O–H groups in total. The van der Waals surface area contributed by atoms with Gasteiger partial charge >= 0.3 is 0 Å². The van der Waals surface area contributed by atoms with Gasteiger partial charge in [-0.05, 0) is 18.8 Å². The van der Waals surface area contributed by atoms with Crippen LogP contribution in [0.2, 0.25) is 0 Å². The number of hydrogen-bond donors (Lipinski definition) is 0. The molecule has 0 bridgehead atoms. The second-order valence-corrected chi connectivity index (χ2v) is 4.99. The van der Waals surface area contributed by atoms with Crippen LogP contribution in [0, 0.1) is 12.3 Å². The lowest BCUT2D eigenvalue weighted by molar-refractivity contribution is 0.607. The molecular weight excluding hydrogens is 196 g/mol. The maximum absolute atomic E-state index is 5.76. The molecule has 14 heavy (non-hydrogen) atoms. The number of halogens is 1. The highest BCUT2D eigenvalue weighted by atomic mass is 35.5. The summed E-state index contributed by atoms with van der Waals surface area (Å²) in [5.74, 6) is 2.03. The van der Waals surface area contributed by atoms with Gasteiger partial charge in [-0.25, -0.2) is 9.97 Å². The molecule has 1 saturated carbocycles. The first kappa shape index (κ1) is 9.91. The Morgan fingerprint density at radius 3 is 2.64 bits per heavy atom. The van der Waals surface area contributed by atoms with Crippen LogP contribution < -0.4 is 0 Å². The lowest BCUT2D eigenvalue weighted by atomic mass is 10.1. The summed E-state index contributed by atoms with van der Waals surface area (Å²) in [6.07, 6.45) is 3.06. The summed E-state index contributed by atoms with van der Waals surface area (Å²) in [5.41, 5.74) is 2.45. The molecule has 0 aliphatic heterocycles. The van der Waals surface area contributed by atoms with Crippen LogP contribution >= 0.6 is 11.6 Å². The summed E-state index contributed by atoms with van der Waals surface area (Å²) in [6.45, 7) is 6.51. The predicted octanol–water partition coefficient (Wildman–Crippen LogP) is 3.04. The van der Waals surface area contributed by atoms with E-state index in [4.69, 9.17) is 11.6 Å². The molecule has 0 amide bonds. The Morgan fingerprint density at radius 2 is 2.21 bits per heavy atom. The van der Waals surface area contributed by atoms with Crippen molar-refractivity contribution in [3.8, 4) is 0 Å². The topological polar surface area (TPSA) is 25.8 Å². The Labute approximate surface area is 89.7 Å². The average Bonchev–Trinajstić information content (AvgIpc) is 2.75. The minimum absolute atomic E-state index is 0.398. The molecule has 0 spiro atoms. The number of rotatable bonds is 2. The van der Waals surface area contributed by atoms with Crippen LogP contribution in [0.5, 0.6) is 0 Å². The summed E-state index contributed by atoms with van der Waals surface area (Å²) < 4.78 is 0. The van der Waals surface area contributed by atoms with Crippen LogP contribution in [-0.2, 0) is 5.88 Å². The van der Waals surface area contributed by atoms with Crippen molar-refractivity contribution in [1.29, 1.82) is 0 Å². The van der Waals surface area contributed by atoms with E-state index in [1.807, 2.05) is 13.1 Å². The van der Waals surface area contributed by atoms with Crippen molar-refractivity contribution >= 4 is 11.6 Å². The molecule has 2 rings (SSSR count). The van der Waals surface area contributed by atoms with Crippen molar-refractivity contribution < 1.29 is 0 Å². The van der Waals surface area contributed by atoms with Crippen LogP contribution in [0.25, 0.3) is 0 Å². The molecule has 1 heterocycles. The first-order valence-electron chi connectivity index (χ1n) is 4.93. The van der Waals surface area contributed by atoms with E-state index in [0.29, 0.717) is 17.2 Å². The van der Waals surface area contributed by atoms with Gasteiger partial charge in [-0.2, -0.15) is 0 Å². The second-order valence-electron chi connectivity index (χ2n) is 4.72. The first-order chi connectivity index (χ1) is 6.54. The summed E-state index contributed by atoms with van der Waals surface area (Å²) in [5, 5.41) is 0. The van der Waals surface area contributed by atoms with Crippen LogP contribution in [0.3, 0.4) is 0 Å². The highest BCUT2D eigenvalue weighted by Crippen LogP contribution is 2.57. The second kappa shape index (κ2) is 3.20. The Morgan fingerprint density at radius 1 is 1.57 bits per heavy atom. The maximum Gasteiger partial charge on any atom is 0.132 e. The van der Waals surface area contributed by atoms with Gasteiger partial charge in [0, 0.05) is 23.4 Å². The van der Waals surface area contributed by atoms with Gasteiger partial charge in [0.25, 0.3) is 0 Å². The van der Waals surface area contributed by atoms with E-state index in [0.717, 1.165) is 17.1 Å². The number of aryl methyl sites for hydroxylation is 1. The van der Waals surface area contributed by atoms with Gasteiger partial charge in [0.15, 0.2) is 0 Å². The number of aromatic nitrogens is 2. The summed E-state index contributed by atoms with van der Waals surface area (Å²) >= 11 is 5.76. The van der Waals surface area contributed by atoms with E-state index in [1.165, 1.54) is 6.42 Å².